The maximum absolute atomic E-state index is 12.6. The Labute approximate surface area is 150 Å². The number of rotatable bonds is 4. The zero-order valence-electron chi connectivity index (χ0n) is 14.2. The van der Waals surface area contributed by atoms with Crippen molar-refractivity contribution in [1.29, 1.82) is 0 Å². The number of aryl methyl sites for hydroxylation is 2. The minimum Gasteiger partial charge on any atom is -0.325 e. The molecule has 2 aromatic rings. The van der Waals surface area contributed by atoms with Gasteiger partial charge >= 0.3 is 0 Å². The summed E-state index contributed by atoms with van der Waals surface area (Å²) in [7, 11) is 0. The molecule has 2 N–H and O–H groups in total. The summed E-state index contributed by atoms with van der Waals surface area (Å²) >= 11 is 3.43. The first-order valence-electron chi connectivity index (χ1n) is 7.66. The molecule has 0 aromatic heterocycles. The standard InChI is InChI=1S/C19H21BrN2O2/c1-12-6-5-7-14(10-12)21-17(23)19(3,4)18(24)22-16-9-8-13(2)11-15(16)20/h5-11H,1-4H3,(H,21,23)(H,22,24). The van der Waals surface area contributed by atoms with Crippen LogP contribution in [0, 0.1) is 19.3 Å². The van der Waals surface area contributed by atoms with E-state index in [1.165, 1.54) is 0 Å². The molecule has 0 radical (unpaired) electrons. The minimum absolute atomic E-state index is 0.353. The van der Waals surface area contributed by atoms with Gasteiger partial charge in [-0.2, -0.15) is 0 Å². The molecule has 0 spiro atoms. The van der Waals surface area contributed by atoms with E-state index < -0.39 is 5.41 Å². The highest BCUT2D eigenvalue weighted by atomic mass is 79.9. The fraction of sp³-hybridized carbons (Fsp3) is 0.263. The average molecular weight is 389 g/mol. The maximum atomic E-state index is 12.6. The molecule has 0 aliphatic heterocycles. The lowest BCUT2D eigenvalue weighted by Gasteiger charge is -2.23. The summed E-state index contributed by atoms with van der Waals surface area (Å²) < 4.78 is 0.783. The van der Waals surface area contributed by atoms with Crippen molar-refractivity contribution in [3.8, 4) is 0 Å². The summed E-state index contributed by atoms with van der Waals surface area (Å²) in [6.45, 7) is 7.13. The molecule has 2 rings (SSSR count). The lowest BCUT2D eigenvalue weighted by Crippen LogP contribution is -2.41. The van der Waals surface area contributed by atoms with Crippen LogP contribution < -0.4 is 10.6 Å². The topological polar surface area (TPSA) is 58.2 Å². The monoisotopic (exact) mass is 388 g/mol. The molecule has 0 fully saturated rings. The molecule has 5 heteroatoms. The van der Waals surface area contributed by atoms with Crippen LogP contribution in [0.1, 0.15) is 25.0 Å². The summed E-state index contributed by atoms with van der Waals surface area (Å²) in [6.07, 6.45) is 0. The highest BCUT2D eigenvalue weighted by Gasteiger charge is 2.36. The van der Waals surface area contributed by atoms with E-state index in [4.69, 9.17) is 0 Å². The van der Waals surface area contributed by atoms with E-state index in [2.05, 4.69) is 26.6 Å². The summed E-state index contributed by atoms with van der Waals surface area (Å²) in [5, 5.41) is 5.61. The number of halogens is 1. The van der Waals surface area contributed by atoms with Gasteiger partial charge < -0.3 is 10.6 Å². The van der Waals surface area contributed by atoms with E-state index in [1.54, 1.807) is 19.9 Å². The van der Waals surface area contributed by atoms with Gasteiger partial charge in [0.05, 0.1) is 5.69 Å². The van der Waals surface area contributed by atoms with Crippen LogP contribution in [-0.2, 0) is 9.59 Å². The third-order valence-corrected chi connectivity index (χ3v) is 4.44. The number of hydrogen-bond donors (Lipinski definition) is 2. The molecular weight excluding hydrogens is 368 g/mol. The van der Waals surface area contributed by atoms with Gasteiger partial charge in [-0.1, -0.05) is 18.2 Å². The molecular formula is C19H21BrN2O2. The Hall–Kier alpha value is -2.14. The van der Waals surface area contributed by atoms with Gasteiger partial charge in [0.1, 0.15) is 5.41 Å². The van der Waals surface area contributed by atoms with Crippen LogP contribution in [-0.4, -0.2) is 11.8 Å². The SMILES string of the molecule is Cc1cccc(NC(=O)C(C)(C)C(=O)Nc2ccc(C)cc2Br)c1. The zero-order chi connectivity index (χ0) is 17.9. The lowest BCUT2D eigenvalue weighted by molar-refractivity contribution is -0.135. The van der Waals surface area contributed by atoms with E-state index >= 15 is 0 Å². The third-order valence-electron chi connectivity index (χ3n) is 3.78. The van der Waals surface area contributed by atoms with Crippen molar-refractivity contribution < 1.29 is 9.59 Å². The Morgan fingerprint density at radius 2 is 1.54 bits per heavy atom. The quantitative estimate of drug-likeness (QED) is 0.747. The number of nitrogens with one attached hydrogen (secondary N) is 2. The second-order valence-electron chi connectivity index (χ2n) is 6.39. The van der Waals surface area contributed by atoms with Gasteiger partial charge in [-0.05, 0) is 79.0 Å². The van der Waals surface area contributed by atoms with Gasteiger partial charge in [-0.25, -0.2) is 0 Å². The van der Waals surface area contributed by atoms with E-state index in [0.29, 0.717) is 11.4 Å². The molecule has 0 saturated carbocycles. The van der Waals surface area contributed by atoms with Crippen LogP contribution in [0.25, 0.3) is 0 Å². The van der Waals surface area contributed by atoms with Crippen molar-refractivity contribution in [2.75, 3.05) is 10.6 Å². The Kier molecular flexibility index (Phi) is 5.44. The van der Waals surface area contributed by atoms with Gasteiger partial charge in [0.25, 0.3) is 0 Å². The number of benzene rings is 2. The highest BCUT2D eigenvalue weighted by Crippen LogP contribution is 2.27. The number of carbonyl (C=O) groups is 2. The van der Waals surface area contributed by atoms with Crippen LogP contribution in [0.5, 0.6) is 0 Å². The molecule has 0 saturated heterocycles. The number of carbonyl (C=O) groups excluding carboxylic acids is 2. The first-order chi connectivity index (χ1) is 11.2. The Bertz CT molecular complexity index is 785. The molecule has 0 heterocycles. The normalized spacial score (nSPS) is 11.0. The van der Waals surface area contributed by atoms with Crippen molar-refractivity contribution in [1.82, 2.24) is 0 Å². The Morgan fingerprint density at radius 1 is 0.917 bits per heavy atom. The van der Waals surface area contributed by atoms with E-state index in [0.717, 1.165) is 15.6 Å². The molecule has 0 bridgehead atoms. The van der Waals surface area contributed by atoms with Crippen LogP contribution in [0.2, 0.25) is 0 Å². The smallest absolute Gasteiger partial charge is 0.239 e. The second-order valence-corrected chi connectivity index (χ2v) is 7.24. The molecule has 2 amide bonds. The van der Waals surface area contributed by atoms with Crippen LogP contribution in [0.3, 0.4) is 0 Å². The maximum Gasteiger partial charge on any atom is 0.239 e. The zero-order valence-corrected chi connectivity index (χ0v) is 15.8. The fourth-order valence-electron chi connectivity index (χ4n) is 2.11. The van der Waals surface area contributed by atoms with Crippen molar-refractivity contribution >= 4 is 39.1 Å². The van der Waals surface area contributed by atoms with E-state index in [9.17, 15) is 9.59 Å². The first kappa shape index (κ1) is 18.2. The summed E-state index contributed by atoms with van der Waals surface area (Å²) in [6, 6.07) is 13.1. The van der Waals surface area contributed by atoms with Gasteiger partial charge in [-0.15, -0.1) is 0 Å². The third kappa shape index (κ3) is 4.23. The highest BCUT2D eigenvalue weighted by molar-refractivity contribution is 9.10. The van der Waals surface area contributed by atoms with Gasteiger partial charge in [0.15, 0.2) is 0 Å². The van der Waals surface area contributed by atoms with Gasteiger partial charge in [-0.3, -0.25) is 9.59 Å². The molecule has 24 heavy (non-hydrogen) atoms. The summed E-state index contributed by atoms with van der Waals surface area (Å²) in [4.78, 5) is 25.1. The minimum atomic E-state index is -1.21. The average Bonchev–Trinajstić information content (AvgIpc) is 2.49. The first-order valence-corrected chi connectivity index (χ1v) is 8.45. The van der Waals surface area contributed by atoms with Crippen molar-refractivity contribution in [2.24, 2.45) is 5.41 Å². The lowest BCUT2D eigenvalue weighted by atomic mass is 9.90. The summed E-state index contributed by atoms with van der Waals surface area (Å²) in [5.41, 5.74) is 2.23. The van der Waals surface area contributed by atoms with Crippen LogP contribution >= 0.6 is 15.9 Å². The number of anilines is 2. The van der Waals surface area contributed by atoms with Crippen molar-refractivity contribution in [3.05, 3.63) is 58.1 Å². The Morgan fingerprint density at radius 3 is 2.17 bits per heavy atom. The molecule has 4 nitrogen and oxygen atoms in total. The molecule has 0 unspecified atom stereocenters. The molecule has 2 aromatic carbocycles. The van der Waals surface area contributed by atoms with Crippen molar-refractivity contribution in [3.63, 3.8) is 0 Å². The molecule has 126 valence electrons. The molecule has 0 aliphatic rings. The predicted octanol–water partition coefficient (Wildman–Crippen LogP) is 4.67. The van der Waals surface area contributed by atoms with Gasteiger partial charge in [0, 0.05) is 10.2 Å². The van der Waals surface area contributed by atoms with Crippen LogP contribution in [0.15, 0.2) is 46.9 Å². The molecule has 0 atom stereocenters. The predicted molar refractivity (Wildman–Crippen MR) is 101 cm³/mol. The van der Waals surface area contributed by atoms with Crippen molar-refractivity contribution in [2.45, 2.75) is 27.7 Å². The number of amides is 2. The number of hydrogen-bond acceptors (Lipinski definition) is 2. The van der Waals surface area contributed by atoms with Gasteiger partial charge in [0.2, 0.25) is 11.8 Å². The van der Waals surface area contributed by atoms with E-state index in [1.807, 2.05) is 50.2 Å². The fourth-order valence-corrected chi connectivity index (χ4v) is 2.71. The largest absolute Gasteiger partial charge is 0.325 e. The summed E-state index contributed by atoms with van der Waals surface area (Å²) in [5.74, 6) is -0.717. The van der Waals surface area contributed by atoms with Crippen LogP contribution in [0.4, 0.5) is 11.4 Å². The second kappa shape index (κ2) is 7.18. The van der Waals surface area contributed by atoms with E-state index in [-0.39, 0.29) is 11.8 Å². The molecule has 0 aliphatic carbocycles. The Balaban J connectivity index is 2.12.